The molecular weight excluding hydrogens is 236 g/mol. The first-order valence-electron chi connectivity index (χ1n) is 6.08. The molecule has 1 saturated carbocycles. The second-order valence-electron chi connectivity index (χ2n) is 5.01. The van der Waals surface area contributed by atoms with E-state index >= 15 is 0 Å². The van der Waals surface area contributed by atoms with E-state index in [2.05, 4.69) is 13.8 Å². The maximum absolute atomic E-state index is 6.19. The molecule has 0 aliphatic heterocycles. The molecule has 1 aromatic carbocycles. The molecule has 17 heavy (non-hydrogen) atoms. The minimum atomic E-state index is 0.0287. The lowest BCUT2D eigenvalue weighted by molar-refractivity contribution is -0.0146. The lowest BCUT2D eigenvalue weighted by Gasteiger charge is -2.48. The molecule has 1 fully saturated rings. The predicted molar refractivity (Wildman–Crippen MR) is 70.1 cm³/mol. The first kappa shape index (κ1) is 12.6. The Morgan fingerprint density at radius 3 is 2.47 bits per heavy atom. The molecule has 0 aromatic heterocycles. The highest BCUT2D eigenvalue weighted by atomic mass is 35.5. The third kappa shape index (κ3) is 2.37. The quantitative estimate of drug-likeness (QED) is 0.760. The van der Waals surface area contributed by atoms with Gasteiger partial charge in [0.05, 0.1) is 6.61 Å². The molecule has 1 aromatic rings. The molecule has 2 nitrogen and oxygen atoms in total. The van der Waals surface area contributed by atoms with Crippen LogP contribution in [0.2, 0.25) is 0 Å². The van der Waals surface area contributed by atoms with E-state index in [9.17, 15) is 0 Å². The van der Waals surface area contributed by atoms with Crippen LogP contribution < -0.4 is 9.47 Å². The highest BCUT2D eigenvalue weighted by Gasteiger charge is 2.49. The van der Waals surface area contributed by atoms with Gasteiger partial charge in [-0.25, -0.2) is 0 Å². The molecule has 2 atom stereocenters. The second kappa shape index (κ2) is 4.77. The standard InChI is InChI=1S/C14H19ClO2/c1-4-16-10-7-5-6-8-11(10)17-13-9-12(15)14(13,2)3/h5-8,12-13H,4,9H2,1-3H3. The summed E-state index contributed by atoms with van der Waals surface area (Å²) in [5.74, 6) is 1.62. The Labute approximate surface area is 108 Å². The van der Waals surface area contributed by atoms with Crippen LogP contribution in [0.3, 0.4) is 0 Å². The Balaban J connectivity index is 2.09. The van der Waals surface area contributed by atoms with Crippen molar-refractivity contribution < 1.29 is 9.47 Å². The van der Waals surface area contributed by atoms with E-state index < -0.39 is 0 Å². The highest BCUT2D eigenvalue weighted by Crippen LogP contribution is 2.47. The van der Waals surface area contributed by atoms with Gasteiger partial charge in [0.15, 0.2) is 11.5 Å². The summed E-state index contributed by atoms with van der Waals surface area (Å²) in [6, 6.07) is 7.79. The number of halogens is 1. The first-order valence-corrected chi connectivity index (χ1v) is 6.52. The largest absolute Gasteiger partial charge is 0.490 e. The molecule has 1 aliphatic carbocycles. The number of rotatable bonds is 4. The molecule has 2 unspecified atom stereocenters. The van der Waals surface area contributed by atoms with Gasteiger partial charge >= 0.3 is 0 Å². The van der Waals surface area contributed by atoms with Crippen molar-refractivity contribution in [3.05, 3.63) is 24.3 Å². The average molecular weight is 255 g/mol. The smallest absolute Gasteiger partial charge is 0.161 e. The van der Waals surface area contributed by atoms with Crippen molar-refractivity contribution in [1.82, 2.24) is 0 Å². The van der Waals surface area contributed by atoms with Gasteiger partial charge in [0.2, 0.25) is 0 Å². The summed E-state index contributed by atoms with van der Waals surface area (Å²) >= 11 is 6.19. The van der Waals surface area contributed by atoms with Crippen molar-refractivity contribution in [2.45, 2.75) is 38.7 Å². The highest BCUT2D eigenvalue weighted by molar-refractivity contribution is 6.21. The van der Waals surface area contributed by atoms with Crippen LogP contribution in [0.5, 0.6) is 11.5 Å². The van der Waals surface area contributed by atoms with Gasteiger partial charge in [-0.1, -0.05) is 26.0 Å². The number of ether oxygens (including phenoxy) is 2. The van der Waals surface area contributed by atoms with Gasteiger partial charge < -0.3 is 9.47 Å². The molecule has 0 radical (unpaired) electrons. The molecule has 0 amide bonds. The van der Waals surface area contributed by atoms with E-state index in [1.807, 2.05) is 31.2 Å². The van der Waals surface area contributed by atoms with Crippen LogP contribution >= 0.6 is 11.6 Å². The van der Waals surface area contributed by atoms with Crippen LogP contribution in [0.1, 0.15) is 27.2 Å². The minimum Gasteiger partial charge on any atom is -0.490 e. The zero-order chi connectivity index (χ0) is 12.5. The van der Waals surface area contributed by atoms with E-state index in [-0.39, 0.29) is 16.9 Å². The summed E-state index contributed by atoms with van der Waals surface area (Å²) in [6.07, 6.45) is 1.07. The zero-order valence-corrected chi connectivity index (χ0v) is 11.3. The van der Waals surface area contributed by atoms with Gasteiger partial charge in [-0.2, -0.15) is 0 Å². The Morgan fingerprint density at radius 1 is 1.29 bits per heavy atom. The molecule has 0 spiro atoms. The van der Waals surface area contributed by atoms with E-state index in [1.54, 1.807) is 0 Å². The Bertz CT molecular complexity index is 390. The van der Waals surface area contributed by atoms with E-state index in [4.69, 9.17) is 21.1 Å². The summed E-state index contributed by atoms with van der Waals surface area (Å²) in [7, 11) is 0. The van der Waals surface area contributed by atoms with Crippen molar-refractivity contribution >= 4 is 11.6 Å². The number of para-hydroxylation sites is 2. The molecule has 1 aliphatic rings. The van der Waals surface area contributed by atoms with Gasteiger partial charge in [-0.05, 0) is 19.1 Å². The Morgan fingerprint density at radius 2 is 1.94 bits per heavy atom. The normalized spacial score (nSPS) is 26.1. The number of hydrogen-bond acceptors (Lipinski definition) is 2. The molecule has 0 bridgehead atoms. The lowest BCUT2D eigenvalue weighted by atomic mass is 9.68. The fourth-order valence-electron chi connectivity index (χ4n) is 2.01. The fourth-order valence-corrected chi connectivity index (χ4v) is 2.31. The summed E-state index contributed by atoms with van der Waals surface area (Å²) in [5, 5.41) is 0.201. The monoisotopic (exact) mass is 254 g/mol. The van der Waals surface area contributed by atoms with Crippen molar-refractivity contribution in [3.8, 4) is 11.5 Å². The van der Waals surface area contributed by atoms with E-state index in [0.717, 1.165) is 17.9 Å². The Kier molecular flexibility index (Phi) is 3.53. The number of benzene rings is 1. The zero-order valence-electron chi connectivity index (χ0n) is 10.6. The third-order valence-corrected chi connectivity index (χ3v) is 4.22. The van der Waals surface area contributed by atoms with Crippen LogP contribution in [0.15, 0.2) is 24.3 Å². The molecule has 0 N–H and O–H groups in total. The maximum atomic E-state index is 6.19. The van der Waals surface area contributed by atoms with Crippen LogP contribution in [-0.2, 0) is 0 Å². The van der Waals surface area contributed by atoms with Crippen molar-refractivity contribution in [2.24, 2.45) is 5.41 Å². The molecule has 2 rings (SSSR count). The third-order valence-electron chi connectivity index (χ3n) is 3.48. The maximum Gasteiger partial charge on any atom is 0.161 e. The molecule has 94 valence electrons. The van der Waals surface area contributed by atoms with Gasteiger partial charge in [0, 0.05) is 17.2 Å². The van der Waals surface area contributed by atoms with Crippen LogP contribution in [-0.4, -0.2) is 18.1 Å². The van der Waals surface area contributed by atoms with Crippen LogP contribution in [0, 0.1) is 5.41 Å². The Hall–Kier alpha value is -0.890. The van der Waals surface area contributed by atoms with Crippen molar-refractivity contribution in [1.29, 1.82) is 0 Å². The average Bonchev–Trinajstić information content (AvgIpc) is 2.31. The molecule has 0 saturated heterocycles. The minimum absolute atomic E-state index is 0.0287. The molecular formula is C14H19ClO2. The topological polar surface area (TPSA) is 18.5 Å². The summed E-state index contributed by atoms with van der Waals surface area (Å²) < 4.78 is 11.6. The van der Waals surface area contributed by atoms with E-state index in [0.29, 0.717) is 6.61 Å². The summed E-state index contributed by atoms with van der Waals surface area (Å²) in [5.41, 5.74) is 0.0287. The molecule has 3 heteroatoms. The van der Waals surface area contributed by atoms with Gasteiger partial charge in [-0.3, -0.25) is 0 Å². The van der Waals surface area contributed by atoms with Crippen LogP contribution in [0.4, 0.5) is 0 Å². The SMILES string of the molecule is CCOc1ccccc1OC1CC(Cl)C1(C)C. The van der Waals surface area contributed by atoms with Crippen molar-refractivity contribution in [3.63, 3.8) is 0 Å². The van der Waals surface area contributed by atoms with E-state index in [1.165, 1.54) is 0 Å². The lowest BCUT2D eigenvalue weighted by Crippen LogP contribution is -2.53. The van der Waals surface area contributed by atoms with Crippen molar-refractivity contribution in [2.75, 3.05) is 6.61 Å². The molecule has 0 heterocycles. The summed E-state index contributed by atoms with van der Waals surface area (Å²) in [6.45, 7) is 6.90. The van der Waals surface area contributed by atoms with Gasteiger partial charge in [-0.15, -0.1) is 11.6 Å². The predicted octanol–water partition coefficient (Wildman–Crippen LogP) is 3.87. The first-order chi connectivity index (χ1) is 8.05. The summed E-state index contributed by atoms with van der Waals surface area (Å²) in [4.78, 5) is 0. The van der Waals surface area contributed by atoms with Gasteiger partial charge in [0.25, 0.3) is 0 Å². The number of alkyl halides is 1. The van der Waals surface area contributed by atoms with Crippen LogP contribution in [0.25, 0.3) is 0 Å². The number of hydrogen-bond donors (Lipinski definition) is 0. The van der Waals surface area contributed by atoms with Gasteiger partial charge in [0.1, 0.15) is 6.10 Å². The fraction of sp³-hybridized carbons (Fsp3) is 0.571. The second-order valence-corrected chi connectivity index (χ2v) is 5.54.